The van der Waals surface area contributed by atoms with Gasteiger partial charge in [-0.3, -0.25) is 4.79 Å². The summed E-state index contributed by atoms with van der Waals surface area (Å²) in [6.07, 6.45) is 2.31. The van der Waals surface area contributed by atoms with Crippen LogP contribution in [0.1, 0.15) is 12.2 Å². The van der Waals surface area contributed by atoms with Crippen molar-refractivity contribution in [2.75, 3.05) is 18.1 Å². The molecule has 24 heavy (non-hydrogen) atoms. The third kappa shape index (κ3) is 5.14. The van der Waals surface area contributed by atoms with E-state index >= 15 is 0 Å². The van der Waals surface area contributed by atoms with Gasteiger partial charge >= 0.3 is 0 Å². The lowest BCUT2D eigenvalue weighted by molar-refractivity contribution is -0.116. The van der Waals surface area contributed by atoms with Gasteiger partial charge in [0.05, 0.1) is 19.1 Å². The third-order valence-corrected chi connectivity index (χ3v) is 4.42. The number of anilines is 1. The van der Waals surface area contributed by atoms with Gasteiger partial charge in [-0.2, -0.15) is 4.31 Å². The minimum absolute atomic E-state index is 0.00426. The van der Waals surface area contributed by atoms with Crippen LogP contribution in [0, 0.1) is 11.6 Å². The molecule has 1 heterocycles. The second kappa shape index (κ2) is 7.54. The highest BCUT2D eigenvalue weighted by Gasteiger charge is 2.19. The summed E-state index contributed by atoms with van der Waals surface area (Å²) in [6, 6.07) is 6.22. The summed E-state index contributed by atoms with van der Waals surface area (Å²) < 4.78 is 55.7. The maximum atomic E-state index is 13.1. The first kappa shape index (κ1) is 18.1. The molecule has 0 unspecified atom stereocenters. The predicted molar refractivity (Wildman–Crippen MR) is 83.6 cm³/mol. The van der Waals surface area contributed by atoms with Crippen LogP contribution < -0.4 is 5.32 Å². The number of carbonyl (C=O) groups is 1. The van der Waals surface area contributed by atoms with Gasteiger partial charge in [0.1, 0.15) is 5.76 Å². The minimum Gasteiger partial charge on any atom is -0.468 e. The lowest BCUT2D eigenvalue weighted by Gasteiger charge is -2.18. The Labute approximate surface area is 138 Å². The van der Waals surface area contributed by atoms with Crippen molar-refractivity contribution >= 4 is 21.6 Å². The summed E-state index contributed by atoms with van der Waals surface area (Å²) >= 11 is 0. The second-order valence-corrected chi connectivity index (χ2v) is 7.09. The number of sulfonamides is 1. The molecule has 2 aromatic rings. The Bertz CT molecular complexity index is 807. The number of nitrogens with zero attached hydrogens (tertiary/aromatic N) is 1. The van der Waals surface area contributed by atoms with E-state index in [0.29, 0.717) is 5.76 Å². The normalized spacial score (nSPS) is 11.7. The zero-order chi connectivity index (χ0) is 17.7. The van der Waals surface area contributed by atoms with Crippen LogP contribution in [0.5, 0.6) is 0 Å². The standard InChI is InChI=1S/C15H16F2N2O4S/c1-24(21,22)19(10-12-3-2-8-23-12)7-6-15(20)18-11-4-5-13(16)14(17)9-11/h2-5,8-9H,6-7,10H2,1H3,(H,18,20). The van der Waals surface area contributed by atoms with Crippen LogP contribution in [0.4, 0.5) is 14.5 Å². The fourth-order valence-corrected chi connectivity index (χ4v) is 2.75. The summed E-state index contributed by atoms with van der Waals surface area (Å²) in [6.45, 7) is -0.0701. The van der Waals surface area contributed by atoms with Crippen molar-refractivity contribution in [3.63, 3.8) is 0 Å². The van der Waals surface area contributed by atoms with Crippen molar-refractivity contribution in [3.8, 4) is 0 Å². The number of halogens is 2. The van der Waals surface area contributed by atoms with Crippen LogP contribution >= 0.6 is 0 Å². The molecule has 0 aliphatic carbocycles. The molecule has 6 nitrogen and oxygen atoms in total. The Morgan fingerprint density at radius 1 is 1.25 bits per heavy atom. The van der Waals surface area contributed by atoms with Gasteiger partial charge in [-0.25, -0.2) is 17.2 Å². The number of hydrogen-bond acceptors (Lipinski definition) is 4. The first-order valence-corrected chi connectivity index (χ1v) is 8.83. The molecule has 1 aromatic carbocycles. The van der Waals surface area contributed by atoms with Crippen molar-refractivity contribution in [1.29, 1.82) is 0 Å². The van der Waals surface area contributed by atoms with Crippen LogP contribution in [0.15, 0.2) is 41.0 Å². The molecular formula is C15H16F2N2O4S. The number of nitrogens with one attached hydrogen (secondary N) is 1. The van der Waals surface area contributed by atoms with E-state index < -0.39 is 27.6 Å². The Morgan fingerprint density at radius 2 is 2.00 bits per heavy atom. The Kier molecular flexibility index (Phi) is 5.68. The first-order chi connectivity index (χ1) is 11.3. The number of furan rings is 1. The SMILES string of the molecule is CS(=O)(=O)N(CCC(=O)Nc1ccc(F)c(F)c1)Cc1ccco1. The van der Waals surface area contributed by atoms with Crippen LogP contribution in [0.3, 0.4) is 0 Å². The summed E-state index contributed by atoms with van der Waals surface area (Å²) in [5, 5.41) is 2.39. The number of amides is 1. The molecule has 1 amide bonds. The zero-order valence-corrected chi connectivity index (χ0v) is 13.6. The Hall–Kier alpha value is -2.26. The number of carbonyl (C=O) groups excluding carboxylic acids is 1. The van der Waals surface area contributed by atoms with E-state index in [4.69, 9.17) is 4.42 Å². The van der Waals surface area contributed by atoms with Gasteiger partial charge < -0.3 is 9.73 Å². The van der Waals surface area contributed by atoms with Crippen LogP contribution in [-0.2, 0) is 21.4 Å². The van der Waals surface area contributed by atoms with E-state index in [-0.39, 0.29) is 25.2 Å². The number of hydrogen-bond donors (Lipinski definition) is 1. The molecule has 2 rings (SSSR count). The summed E-state index contributed by atoms with van der Waals surface area (Å²) in [5.74, 6) is -2.17. The average molecular weight is 358 g/mol. The van der Waals surface area contributed by atoms with Gasteiger partial charge in [0.15, 0.2) is 11.6 Å². The van der Waals surface area contributed by atoms with Crippen molar-refractivity contribution in [1.82, 2.24) is 4.31 Å². The second-order valence-electron chi connectivity index (χ2n) is 5.10. The molecule has 0 spiro atoms. The van der Waals surface area contributed by atoms with Gasteiger partial charge in [0, 0.05) is 24.7 Å². The third-order valence-electron chi connectivity index (χ3n) is 3.17. The maximum Gasteiger partial charge on any atom is 0.225 e. The monoisotopic (exact) mass is 358 g/mol. The molecule has 0 saturated heterocycles. The van der Waals surface area contributed by atoms with Crippen LogP contribution in [0.2, 0.25) is 0 Å². The molecule has 0 saturated carbocycles. The fourth-order valence-electron chi connectivity index (χ4n) is 1.96. The number of benzene rings is 1. The number of rotatable bonds is 7. The van der Waals surface area contributed by atoms with Crippen LogP contribution in [0.25, 0.3) is 0 Å². The van der Waals surface area contributed by atoms with Gasteiger partial charge in [0.25, 0.3) is 0 Å². The molecule has 0 radical (unpaired) electrons. The summed E-state index contributed by atoms with van der Waals surface area (Å²) in [7, 11) is -3.54. The lowest BCUT2D eigenvalue weighted by Crippen LogP contribution is -2.32. The summed E-state index contributed by atoms with van der Waals surface area (Å²) in [4.78, 5) is 11.9. The zero-order valence-electron chi connectivity index (χ0n) is 12.8. The van der Waals surface area contributed by atoms with E-state index in [1.165, 1.54) is 12.3 Å². The van der Waals surface area contributed by atoms with E-state index in [1.807, 2.05) is 0 Å². The average Bonchev–Trinajstić information content (AvgIpc) is 2.99. The van der Waals surface area contributed by atoms with E-state index in [0.717, 1.165) is 22.7 Å². The van der Waals surface area contributed by atoms with Crippen molar-refractivity contribution < 1.29 is 26.4 Å². The largest absolute Gasteiger partial charge is 0.468 e. The van der Waals surface area contributed by atoms with E-state index in [2.05, 4.69) is 5.32 Å². The molecule has 0 aliphatic heterocycles. The summed E-state index contributed by atoms with van der Waals surface area (Å²) in [5.41, 5.74) is 0.0934. The van der Waals surface area contributed by atoms with Gasteiger partial charge in [-0.15, -0.1) is 0 Å². The van der Waals surface area contributed by atoms with Gasteiger partial charge in [-0.05, 0) is 24.3 Å². The van der Waals surface area contributed by atoms with Crippen LogP contribution in [-0.4, -0.2) is 31.4 Å². The quantitative estimate of drug-likeness (QED) is 0.824. The van der Waals surface area contributed by atoms with Crippen molar-refractivity contribution in [3.05, 3.63) is 54.0 Å². The highest BCUT2D eigenvalue weighted by molar-refractivity contribution is 7.88. The first-order valence-electron chi connectivity index (χ1n) is 6.98. The topological polar surface area (TPSA) is 79.6 Å². The smallest absolute Gasteiger partial charge is 0.225 e. The molecule has 0 atom stereocenters. The minimum atomic E-state index is -3.54. The van der Waals surface area contributed by atoms with Gasteiger partial charge in [0.2, 0.25) is 15.9 Å². The van der Waals surface area contributed by atoms with E-state index in [1.54, 1.807) is 12.1 Å². The van der Waals surface area contributed by atoms with Crippen molar-refractivity contribution in [2.45, 2.75) is 13.0 Å². The predicted octanol–water partition coefficient (Wildman–Crippen LogP) is 2.35. The lowest BCUT2D eigenvalue weighted by atomic mass is 10.3. The molecule has 1 N–H and O–H groups in total. The van der Waals surface area contributed by atoms with Gasteiger partial charge in [-0.1, -0.05) is 0 Å². The Balaban J connectivity index is 1.95. The maximum absolute atomic E-state index is 13.1. The molecule has 1 aromatic heterocycles. The Morgan fingerprint density at radius 3 is 2.58 bits per heavy atom. The molecular weight excluding hydrogens is 342 g/mol. The van der Waals surface area contributed by atoms with Crippen molar-refractivity contribution in [2.24, 2.45) is 0 Å². The molecule has 0 aliphatic rings. The molecule has 9 heteroatoms. The highest BCUT2D eigenvalue weighted by Crippen LogP contribution is 2.14. The molecule has 0 fully saturated rings. The molecule has 0 bridgehead atoms. The van der Waals surface area contributed by atoms with E-state index in [9.17, 15) is 22.0 Å². The fraction of sp³-hybridized carbons (Fsp3) is 0.267. The molecule has 130 valence electrons. The highest BCUT2D eigenvalue weighted by atomic mass is 32.2.